The van der Waals surface area contributed by atoms with Gasteiger partial charge in [-0.3, -0.25) is 9.69 Å². The van der Waals surface area contributed by atoms with Crippen LogP contribution in [-0.2, 0) is 4.79 Å². The predicted molar refractivity (Wildman–Crippen MR) is 80.8 cm³/mol. The lowest BCUT2D eigenvalue weighted by molar-refractivity contribution is -0.120. The number of anilines is 1. The van der Waals surface area contributed by atoms with E-state index in [0.717, 1.165) is 36.8 Å². The molecule has 1 amide bonds. The number of thioether (sulfide) groups is 1. The lowest BCUT2D eigenvalue weighted by Gasteiger charge is -2.31. The first-order valence-electron chi connectivity index (χ1n) is 6.60. The van der Waals surface area contributed by atoms with E-state index in [2.05, 4.69) is 15.5 Å². The van der Waals surface area contributed by atoms with Gasteiger partial charge in [0.25, 0.3) is 0 Å². The van der Waals surface area contributed by atoms with Gasteiger partial charge in [0.05, 0.1) is 6.04 Å². The van der Waals surface area contributed by atoms with Crippen molar-refractivity contribution in [2.45, 2.75) is 17.9 Å². The molecule has 4 nitrogen and oxygen atoms in total. The zero-order valence-electron chi connectivity index (χ0n) is 11.5. The number of benzene rings is 1. The number of amides is 1. The molecule has 0 bridgehead atoms. The molecule has 0 radical (unpaired) electrons. The normalized spacial score (nSPS) is 18.0. The van der Waals surface area contributed by atoms with Gasteiger partial charge >= 0.3 is 0 Å². The van der Waals surface area contributed by atoms with Crippen molar-refractivity contribution in [1.82, 2.24) is 10.2 Å². The molecule has 1 aliphatic heterocycles. The van der Waals surface area contributed by atoms with Gasteiger partial charge in [-0.2, -0.15) is 0 Å². The summed E-state index contributed by atoms with van der Waals surface area (Å²) in [5, 5.41) is 6.30. The fourth-order valence-electron chi connectivity index (χ4n) is 2.18. The minimum Gasteiger partial charge on any atom is -0.325 e. The average Bonchev–Trinajstić information content (AvgIpc) is 2.47. The second-order valence-corrected chi connectivity index (χ2v) is 5.56. The maximum absolute atomic E-state index is 12.2. The monoisotopic (exact) mass is 279 g/mol. The first-order chi connectivity index (χ1) is 9.20. The van der Waals surface area contributed by atoms with Crippen LogP contribution in [0.1, 0.15) is 6.92 Å². The molecule has 1 aliphatic rings. The number of carbonyl (C=O) groups is 1. The number of rotatable bonds is 4. The largest absolute Gasteiger partial charge is 0.325 e. The van der Waals surface area contributed by atoms with E-state index in [-0.39, 0.29) is 11.9 Å². The van der Waals surface area contributed by atoms with Crippen LogP contribution in [0, 0.1) is 0 Å². The first-order valence-corrected chi connectivity index (χ1v) is 7.83. The van der Waals surface area contributed by atoms with Gasteiger partial charge in [-0.25, -0.2) is 0 Å². The number of piperazine rings is 1. The zero-order valence-corrected chi connectivity index (χ0v) is 12.3. The second-order valence-electron chi connectivity index (χ2n) is 4.68. The highest BCUT2D eigenvalue weighted by Gasteiger charge is 2.22. The van der Waals surface area contributed by atoms with Crippen LogP contribution in [0.15, 0.2) is 29.2 Å². The van der Waals surface area contributed by atoms with Crippen LogP contribution in [0.2, 0.25) is 0 Å². The van der Waals surface area contributed by atoms with Crippen molar-refractivity contribution < 1.29 is 4.79 Å². The van der Waals surface area contributed by atoms with Gasteiger partial charge in [0.2, 0.25) is 5.91 Å². The van der Waals surface area contributed by atoms with Gasteiger partial charge in [0.1, 0.15) is 0 Å². The average molecular weight is 279 g/mol. The number of nitrogens with zero attached hydrogens (tertiary/aromatic N) is 1. The van der Waals surface area contributed by atoms with E-state index < -0.39 is 0 Å². The van der Waals surface area contributed by atoms with Gasteiger partial charge in [0.15, 0.2) is 0 Å². The Balaban J connectivity index is 1.95. The minimum absolute atomic E-state index is 0.0696. The van der Waals surface area contributed by atoms with Crippen molar-refractivity contribution in [3.8, 4) is 0 Å². The Morgan fingerprint density at radius 3 is 2.84 bits per heavy atom. The van der Waals surface area contributed by atoms with Crippen LogP contribution >= 0.6 is 11.8 Å². The zero-order chi connectivity index (χ0) is 13.7. The molecule has 1 heterocycles. The fraction of sp³-hybridized carbons (Fsp3) is 0.500. The van der Waals surface area contributed by atoms with Crippen molar-refractivity contribution in [1.29, 1.82) is 0 Å². The summed E-state index contributed by atoms with van der Waals surface area (Å²) in [5.74, 6) is 0.0696. The number of carbonyl (C=O) groups excluding carboxylic acids is 1. The van der Waals surface area contributed by atoms with Crippen molar-refractivity contribution in [3.63, 3.8) is 0 Å². The second kappa shape index (κ2) is 6.93. The smallest absolute Gasteiger partial charge is 0.241 e. The SMILES string of the molecule is CSc1cccc(NC(=O)C(C)N2CCNCC2)c1. The summed E-state index contributed by atoms with van der Waals surface area (Å²) in [6, 6.07) is 7.87. The van der Waals surface area contributed by atoms with Gasteiger partial charge in [-0.1, -0.05) is 6.07 Å². The number of hydrogen-bond donors (Lipinski definition) is 2. The lowest BCUT2D eigenvalue weighted by Crippen LogP contribution is -2.51. The molecule has 0 spiro atoms. The van der Waals surface area contributed by atoms with E-state index in [9.17, 15) is 4.79 Å². The van der Waals surface area contributed by atoms with E-state index in [4.69, 9.17) is 0 Å². The molecule has 0 aliphatic carbocycles. The van der Waals surface area contributed by atoms with E-state index in [1.54, 1.807) is 11.8 Å². The molecule has 1 fully saturated rings. The maximum Gasteiger partial charge on any atom is 0.241 e. The Morgan fingerprint density at radius 2 is 2.16 bits per heavy atom. The third-order valence-corrected chi connectivity index (χ3v) is 4.14. The van der Waals surface area contributed by atoms with E-state index >= 15 is 0 Å². The molecular formula is C14H21N3OS. The quantitative estimate of drug-likeness (QED) is 0.823. The summed E-state index contributed by atoms with van der Waals surface area (Å²) in [6.07, 6.45) is 2.03. The minimum atomic E-state index is -0.0833. The molecule has 1 atom stereocenters. The van der Waals surface area contributed by atoms with Crippen LogP contribution in [0.5, 0.6) is 0 Å². The molecule has 2 rings (SSSR count). The molecule has 104 valence electrons. The summed E-state index contributed by atoms with van der Waals surface area (Å²) >= 11 is 1.68. The molecule has 1 aromatic rings. The third-order valence-electron chi connectivity index (χ3n) is 3.42. The van der Waals surface area contributed by atoms with Gasteiger partial charge in [-0.05, 0) is 31.4 Å². The summed E-state index contributed by atoms with van der Waals surface area (Å²) in [7, 11) is 0. The molecule has 0 aromatic heterocycles. The van der Waals surface area contributed by atoms with Crippen molar-refractivity contribution >= 4 is 23.4 Å². The standard InChI is InChI=1S/C14H21N3OS/c1-11(17-8-6-15-7-9-17)14(18)16-12-4-3-5-13(10-12)19-2/h3-5,10-11,15H,6-9H2,1-2H3,(H,16,18). The Bertz CT molecular complexity index is 432. The molecule has 2 N–H and O–H groups in total. The molecule has 1 saturated heterocycles. The van der Waals surface area contributed by atoms with Crippen LogP contribution in [0.3, 0.4) is 0 Å². The Kier molecular flexibility index (Phi) is 5.24. The summed E-state index contributed by atoms with van der Waals surface area (Å²) < 4.78 is 0. The summed E-state index contributed by atoms with van der Waals surface area (Å²) in [6.45, 7) is 5.75. The van der Waals surface area contributed by atoms with Crippen molar-refractivity contribution in [2.75, 3.05) is 37.8 Å². The molecule has 0 saturated carbocycles. The van der Waals surface area contributed by atoms with Crippen LogP contribution in [0.25, 0.3) is 0 Å². The van der Waals surface area contributed by atoms with Crippen molar-refractivity contribution in [2.24, 2.45) is 0 Å². The third kappa shape index (κ3) is 3.96. The lowest BCUT2D eigenvalue weighted by atomic mass is 10.2. The topological polar surface area (TPSA) is 44.4 Å². The highest BCUT2D eigenvalue weighted by Crippen LogP contribution is 2.19. The predicted octanol–water partition coefficient (Wildman–Crippen LogP) is 1.64. The molecule has 1 unspecified atom stereocenters. The molecule has 1 aromatic carbocycles. The highest BCUT2D eigenvalue weighted by molar-refractivity contribution is 7.98. The van der Waals surface area contributed by atoms with Gasteiger partial charge in [-0.15, -0.1) is 11.8 Å². The first kappa shape index (κ1) is 14.4. The molecule has 5 heteroatoms. The molecular weight excluding hydrogens is 258 g/mol. The van der Waals surface area contributed by atoms with E-state index in [1.807, 2.05) is 37.4 Å². The maximum atomic E-state index is 12.2. The van der Waals surface area contributed by atoms with Crippen LogP contribution < -0.4 is 10.6 Å². The summed E-state index contributed by atoms with van der Waals surface area (Å²) in [5.41, 5.74) is 0.874. The van der Waals surface area contributed by atoms with Crippen LogP contribution in [-0.4, -0.2) is 49.3 Å². The van der Waals surface area contributed by atoms with Crippen molar-refractivity contribution in [3.05, 3.63) is 24.3 Å². The highest BCUT2D eigenvalue weighted by atomic mass is 32.2. The Hall–Kier alpha value is -1.04. The number of nitrogens with one attached hydrogen (secondary N) is 2. The summed E-state index contributed by atoms with van der Waals surface area (Å²) in [4.78, 5) is 15.6. The van der Waals surface area contributed by atoms with Gasteiger partial charge < -0.3 is 10.6 Å². The Morgan fingerprint density at radius 1 is 1.42 bits per heavy atom. The van der Waals surface area contributed by atoms with Gasteiger partial charge in [0, 0.05) is 36.8 Å². The number of hydrogen-bond acceptors (Lipinski definition) is 4. The van der Waals surface area contributed by atoms with Crippen LogP contribution in [0.4, 0.5) is 5.69 Å². The van der Waals surface area contributed by atoms with E-state index in [1.165, 1.54) is 0 Å². The van der Waals surface area contributed by atoms with E-state index in [0.29, 0.717) is 0 Å². The molecule has 19 heavy (non-hydrogen) atoms. The fourth-order valence-corrected chi connectivity index (χ4v) is 2.64. The Labute approximate surface area is 118 Å².